The molecular weight excluding hydrogens is 233 g/mol. The van der Waals surface area contributed by atoms with E-state index >= 15 is 0 Å². The van der Waals surface area contributed by atoms with Crippen molar-refractivity contribution in [2.45, 2.75) is 25.4 Å². The highest BCUT2D eigenvalue weighted by Crippen LogP contribution is 2.10. The summed E-state index contributed by atoms with van der Waals surface area (Å²) in [6.45, 7) is 2.29. The molecule has 0 aromatic heterocycles. The molecule has 0 saturated carbocycles. The van der Waals surface area contributed by atoms with Crippen molar-refractivity contribution in [3.05, 3.63) is 35.6 Å². The highest BCUT2D eigenvalue weighted by Gasteiger charge is 2.14. The van der Waals surface area contributed by atoms with Crippen LogP contribution in [0.5, 0.6) is 0 Å². The predicted molar refractivity (Wildman–Crippen MR) is 67.2 cm³/mol. The number of ketones is 1. The Balaban J connectivity index is 1.66. The van der Waals surface area contributed by atoms with Gasteiger partial charge in [-0.3, -0.25) is 4.79 Å². The highest BCUT2D eigenvalue weighted by atomic mass is 19.1. The summed E-state index contributed by atoms with van der Waals surface area (Å²) in [7, 11) is 0. The van der Waals surface area contributed by atoms with Crippen molar-refractivity contribution in [1.29, 1.82) is 0 Å². The normalized spacial score (nSPS) is 19.1. The fourth-order valence-corrected chi connectivity index (χ4v) is 2.05. The zero-order valence-corrected chi connectivity index (χ0v) is 10.3. The van der Waals surface area contributed by atoms with Gasteiger partial charge in [-0.25, -0.2) is 4.39 Å². The number of hydrogen-bond donors (Lipinski definition) is 1. The number of halogens is 1. The fraction of sp³-hybridized carbons (Fsp3) is 0.500. The SMILES string of the molecule is O=C(CCNCC1CCCO1)c1ccc(F)cc1. The highest BCUT2D eigenvalue weighted by molar-refractivity contribution is 5.96. The fourth-order valence-electron chi connectivity index (χ4n) is 2.05. The molecule has 0 bridgehead atoms. The molecule has 4 heteroatoms. The van der Waals surface area contributed by atoms with Crippen molar-refractivity contribution in [3.8, 4) is 0 Å². The van der Waals surface area contributed by atoms with Gasteiger partial charge in [0.2, 0.25) is 0 Å². The Labute approximate surface area is 106 Å². The first-order valence-corrected chi connectivity index (χ1v) is 6.37. The molecule has 1 unspecified atom stereocenters. The minimum absolute atomic E-state index is 0.0369. The third kappa shape index (κ3) is 3.89. The third-order valence-electron chi connectivity index (χ3n) is 3.09. The first-order chi connectivity index (χ1) is 8.75. The van der Waals surface area contributed by atoms with Gasteiger partial charge in [0.05, 0.1) is 6.10 Å². The summed E-state index contributed by atoms with van der Waals surface area (Å²) in [4.78, 5) is 11.8. The van der Waals surface area contributed by atoms with Gasteiger partial charge >= 0.3 is 0 Å². The van der Waals surface area contributed by atoms with Crippen LogP contribution in [-0.4, -0.2) is 31.6 Å². The van der Waals surface area contributed by atoms with Crippen LogP contribution in [-0.2, 0) is 4.74 Å². The predicted octanol–water partition coefficient (Wildman–Crippen LogP) is 2.17. The number of carbonyl (C=O) groups excluding carboxylic acids is 1. The Hall–Kier alpha value is -1.26. The Bertz CT molecular complexity index is 385. The van der Waals surface area contributed by atoms with Crippen LogP contribution in [0.4, 0.5) is 4.39 Å². The summed E-state index contributed by atoms with van der Waals surface area (Å²) < 4.78 is 18.2. The van der Waals surface area contributed by atoms with Gasteiger partial charge < -0.3 is 10.1 Å². The topological polar surface area (TPSA) is 38.3 Å². The molecule has 1 atom stereocenters. The third-order valence-corrected chi connectivity index (χ3v) is 3.09. The molecule has 0 radical (unpaired) electrons. The molecule has 1 aliphatic heterocycles. The van der Waals surface area contributed by atoms with E-state index in [0.29, 0.717) is 24.6 Å². The summed E-state index contributed by atoms with van der Waals surface area (Å²) >= 11 is 0. The average molecular weight is 251 g/mol. The quantitative estimate of drug-likeness (QED) is 0.622. The lowest BCUT2D eigenvalue weighted by Gasteiger charge is -2.10. The van der Waals surface area contributed by atoms with E-state index in [2.05, 4.69) is 5.32 Å². The van der Waals surface area contributed by atoms with Crippen LogP contribution in [0.15, 0.2) is 24.3 Å². The van der Waals surface area contributed by atoms with E-state index in [1.807, 2.05) is 0 Å². The molecule has 1 aromatic carbocycles. The van der Waals surface area contributed by atoms with Crippen molar-refractivity contribution in [2.24, 2.45) is 0 Å². The summed E-state index contributed by atoms with van der Waals surface area (Å²) in [6, 6.07) is 5.68. The monoisotopic (exact) mass is 251 g/mol. The zero-order valence-electron chi connectivity index (χ0n) is 10.3. The van der Waals surface area contributed by atoms with Gasteiger partial charge in [0.1, 0.15) is 5.82 Å². The van der Waals surface area contributed by atoms with Crippen molar-refractivity contribution in [3.63, 3.8) is 0 Å². The Morgan fingerprint density at radius 2 is 2.17 bits per heavy atom. The van der Waals surface area contributed by atoms with E-state index < -0.39 is 0 Å². The molecule has 1 fully saturated rings. The van der Waals surface area contributed by atoms with E-state index in [1.54, 1.807) is 0 Å². The van der Waals surface area contributed by atoms with Crippen LogP contribution in [0.3, 0.4) is 0 Å². The number of hydrogen-bond acceptors (Lipinski definition) is 3. The molecule has 2 rings (SSSR count). The van der Waals surface area contributed by atoms with Crippen LogP contribution in [0, 0.1) is 5.82 Å². The van der Waals surface area contributed by atoms with Crippen LogP contribution >= 0.6 is 0 Å². The smallest absolute Gasteiger partial charge is 0.164 e. The van der Waals surface area contributed by atoms with E-state index in [1.165, 1.54) is 24.3 Å². The molecule has 1 aromatic rings. The Kier molecular flexibility index (Phi) is 4.84. The molecule has 1 heterocycles. The summed E-state index contributed by atoms with van der Waals surface area (Å²) in [6.07, 6.45) is 2.95. The van der Waals surface area contributed by atoms with Gasteiger partial charge in [-0.1, -0.05) is 0 Å². The summed E-state index contributed by atoms with van der Waals surface area (Å²) in [5.74, 6) is -0.280. The van der Waals surface area contributed by atoms with Gasteiger partial charge in [-0.15, -0.1) is 0 Å². The molecule has 18 heavy (non-hydrogen) atoms. The molecule has 3 nitrogen and oxygen atoms in total. The maximum absolute atomic E-state index is 12.7. The van der Waals surface area contributed by atoms with Crippen molar-refractivity contribution in [2.75, 3.05) is 19.7 Å². The molecule has 0 amide bonds. The Morgan fingerprint density at radius 1 is 1.39 bits per heavy atom. The van der Waals surface area contributed by atoms with Gasteiger partial charge in [-0.2, -0.15) is 0 Å². The van der Waals surface area contributed by atoms with E-state index in [4.69, 9.17) is 4.74 Å². The second kappa shape index (κ2) is 6.61. The number of ether oxygens (including phenoxy) is 1. The summed E-state index contributed by atoms with van der Waals surface area (Å²) in [5, 5.41) is 3.22. The standard InChI is InChI=1S/C14H18FNO2/c15-12-5-3-11(4-6-12)14(17)7-8-16-10-13-2-1-9-18-13/h3-6,13,16H,1-2,7-10H2. The maximum atomic E-state index is 12.7. The van der Waals surface area contributed by atoms with E-state index in [9.17, 15) is 9.18 Å². The second-order valence-electron chi connectivity index (χ2n) is 4.52. The van der Waals surface area contributed by atoms with Crippen LogP contribution < -0.4 is 5.32 Å². The van der Waals surface area contributed by atoms with Gasteiger partial charge in [0.15, 0.2) is 5.78 Å². The van der Waals surface area contributed by atoms with E-state index in [-0.39, 0.29) is 11.6 Å². The lowest BCUT2D eigenvalue weighted by atomic mass is 10.1. The van der Waals surface area contributed by atoms with Crippen LogP contribution in [0.2, 0.25) is 0 Å². The number of rotatable bonds is 6. The molecule has 1 N–H and O–H groups in total. The number of Topliss-reactive ketones (excluding diaryl/α,β-unsaturated/α-hetero) is 1. The molecular formula is C14H18FNO2. The molecule has 0 aliphatic carbocycles. The largest absolute Gasteiger partial charge is 0.377 e. The molecule has 1 aliphatic rings. The molecule has 1 saturated heterocycles. The van der Waals surface area contributed by atoms with Crippen molar-refractivity contribution < 1.29 is 13.9 Å². The van der Waals surface area contributed by atoms with Gasteiger partial charge in [0.25, 0.3) is 0 Å². The average Bonchev–Trinajstić information content (AvgIpc) is 2.88. The number of benzene rings is 1. The maximum Gasteiger partial charge on any atom is 0.164 e. The minimum Gasteiger partial charge on any atom is -0.377 e. The minimum atomic E-state index is -0.317. The number of nitrogens with one attached hydrogen (secondary N) is 1. The molecule has 98 valence electrons. The first-order valence-electron chi connectivity index (χ1n) is 6.37. The van der Waals surface area contributed by atoms with Crippen LogP contribution in [0.25, 0.3) is 0 Å². The van der Waals surface area contributed by atoms with Gasteiger partial charge in [-0.05, 0) is 37.1 Å². The second-order valence-corrected chi connectivity index (χ2v) is 4.52. The van der Waals surface area contributed by atoms with Crippen molar-refractivity contribution >= 4 is 5.78 Å². The first kappa shape index (κ1) is 13.2. The Morgan fingerprint density at radius 3 is 2.83 bits per heavy atom. The van der Waals surface area contributed by atoms with E-state index in [0.717, 1.165) is 26.0 Å². The number of carbonyl (C=O) groups is 1. The zero-order chi connectivity index (χ0) is 12.8. The lowest BCUT2D eigenvalue weighted by Crippen LogP contribution is -2.28. The van der Waals surface area contributed by atoms with Gasteiger partial charge in [0, 0.05) is 31.7 Å². The summed E-state index contributed by atoms with van der Waals surface area (Å²) in [5.41, 5.74) is 0.565. The van der Waals surface area contributed by atoms with Crippen LogP contribution in [0.1, 0.15) is 29.6 Å². The van der Waals surface area contributed by atoms with Crippen molar-refractivity contribution in [1.82, 2.24) is 5.32 Å². The lowest BCUT2D eigenvalue weighted by molar-refractivity contribution is 0.0968. The molecule has 0 spiro atoms.